The van der Waals surface area contributed by atoms with Crippen LogP contribution in [-0.4, -0.2) is 54.2 Å². The van der Waals surface area contributed by atoms with Crippen molar-refractivity contribution < 1.29 is 24.3 Å². The molecular formula is C21H23N3O5S. The van der Waals surface area contributed by atoms with E-state index in [-0.39, 0.29) is 18.3 Å². The molecule has 2 aromatic carbocycles. The molecule has 0 fully saturated rings. The van der Waals surface area contributed by atoms with Gasteiger partial charge in [0, 0.05) is 25.4 Å². The lowest BCUT2D eigenvalue weighted by Gasteiger charge is -2.18. The van der Waals surface area contributed by atoms with Crippen LogP contribution in [-0.2, 0) is 19.2 Å². The van der Waals surface area contributed by atoms with E-state index < -0.39 is 23.7 Å². The van der Waals surface area contributed by atoms with Crippen molar-refractivity contribution in [2.75, 3.05) is 25.4 Å². The second-order valence-electron chi connectivity index (χ2n) is 6.15. The van der Waals surface area contributed by atoms with Crippen LogP contribution >= 0.6 is 11.8 Å². The van der Waals surface area contributed by atoms with Crippen LogP contribution in [0, 0.1) is 0 Å². The van der Waals surface area contributed by atoms with Crippen LogP contribution < -0.4 is 16.0 Å². The Kier molecular flexibility index (Phi) is 9.39. The van der Waals surface area contributed by atoms with Crippen LogP contribution in [0.2, 0.25) is 0 Å². The molecule has 0 atom stereocenters. The molecule has 0 aliphatic carbocycles. The molecule has 8 nitrogen and oxygen atoms in total. The predicted octanol–water partition coefficient (Wildman–Crippen LogP) is 0.942. The quantitative estimate of drug-likeness (QED) is 0.347. The third kappa shape index (κ3) is 7.59. The summed E-state index contributed by atoms with van der Waals surface area (Å²) < 4.78 is 0. The monoisotopic (exact) mass is 429 g/mol. The first-order valence-electron chi connectivity index (χ1n) is 9.27. The number of hydrogen-bond acceptors (Lipinski definition) is 5. The molecule has 0 heterocycles. The van der Waals surface area contributed by atoms with Gasteiger partial charge in [0.15, 0.2) is 0 Å². The molecule has 0 aliphatic rings. The van der Waals surface area contributed by atoms with Crippen LogP contribution in [0.25, 0.3) is 0 Å². The van der Waals surface area contributed by atoms with Crippen LogP contribution in [0.1, 0.15) is 16.4 Å². The second kappa shape index (κ2) is 12.3. The van der Waals surface area contributed by atoms with Gasteiger partial charge in [-0.2, -0.15) is 0 Å². The zero-order valence-electron chi connectivity index (χ0n) is 16.2. The van der Waals surface area contributed by atoms with Gasteiger partial charge in [-0.1, -0.05) is 60.7 Å². The third-order valence-corrected chi connectivity index (χ3v) is 5.29. The molecule has 0 radical (unpaired) electrons. The normalized spacial score (nSPS) is 10.3. The van der Waals surface area contributed by atoms with Crippen molar-refractivity contribution in [3.8, 4) is 0 Å². The summed E-state index contributed by atoms with van der Waals surface area (Å²) in [6.07, 6.45) is 0. The highest BCUT2D eigenvalue weighted by Crippen LogP contribution is 2.35. The van der Waals surface area contributed by atoms with Crippen molar-refractivity contribution in [3.63, 3.8) is 0 Å². The molecule has 0 spiro atoms. The Balaban J connectivity index is 1.75. The zero-order chi connectivity index (χ0) is 21.8. The van der Waals surface area contributed by atoms with Gasteiger partial charge in [0.2, 0.25) is 0 Å². The molecule has 2 aromatic rings. The molecule has 0 bridgehead atoms. The van der Waals surface area contributed by atoms with E-state index in [1.165, 1.54) is 0 Å². The second-order valence-corrected chi connectivity index (χ2v) is 7.36. The maximum absolute atomic E-state index is 11.9. The third-order valence-electron chi connectivity index (χ3n) is 3.97. The van der Waals surface area contributed by atoms with E-state index in [9.17, 15) is 19.2 Å². The molecule has 0 aromatic heterocycles. The van der Waals surface area contributed by atoms with E-state index in [0.29, 0.717) is 12.3 Å². The number of carbonyl (C=O) groups is 4. The summed E-state index contributed by atoms with van der Waals surface area (Å²) in [5.74, 6) is -3.80. The molecule has 30 heavy (non-hydrogen) atoms. The first-order valence-corrected chi connectivity index (χ1v) is 10.3. The molecule has 0 unspecified atom stereocenters. The topological polar surface area (TPSA) is 125 Å². The number of aliphatic carboxylic acids is 1. The number of rotatable bonds is 9. The van der Waals surface area contributed by atoms with Crippen LogP contribution in [0.3, 0.4) is 0 Å². The van der Waals surface area contributed by atoms with Crippen LogP contribution in [0.15, 0.2) is 60.7 Å². The van der Waals surface area contributed by atoms with Crippen LogP contribution in [0.4, 0.5) is 0 Å². The Morgan fingerprint density at radius 1 is 0.700 bits per heavy atom. The van der Waals surface area contributed by atoms with Gasteiger partial charge in [-0.05, 0) is 11.1 Å². The minimum atomic E-state index is -1.61. The lowest BCUT2D eigenvalue weighted by atomic mass is 10.0. The van der Waals surface area contributed by atoms with Crippen LogP contribution in [0.5, 0.6) is 0 Å². The highest BCUT2D eigenvalue weighted by Gasteiger charge is 2.16. The highest BCUT2D eigenvalue weighted by atomic mass is 32.2. The number of amides is 3. The fourth-order valence-electron chi connectivity index (χ4n) is 2.57. The summed E-state index contributed by atoms with van der Waals surface area (Å²) in [4.78, 5) is 44.8. The van der Waals surface area contributed by atoms with Crippen molar-refractivity contribution in [3.05, 3.63) is 71.8 Å². The van der Waals surface area contributed by atoms with Crippen molar-refractivity contribution in [1.82, 2.24) is 16.0 Å². The average molecular weight is 429 g/mol. The molecule has 0 saturated carbocycles. The minimum absolute atomic E-state index is 0.0515. The molecular weight excluding hydrogens is 406 g/mol. The summed E-state index contributed by atoms with van der Waals surface area (Å²) in [6.45, 7) is 0.169. The maximum Gasteiger partial charge on any atom is 0.394 e. The van der Waals surface area contributed by atoms with Crippen molar-refractivity contribution >= 4 is 35.5 Å². The number of nitrogens with one attached hydrogen (secondary N) is 3. The minimum Gasteiger partial charge on any atom is -0.474 e. The number of carbonyl (C=O) groups excluding carboxylic acids is 3. The highest BCUT2D eigenvalue weighted by molar-refractivity contribution is 7.99. The number of carboxylic acid groups (broad SMARTS) is 1. The largest absolute Gasteiger partial charge is 0.474 e. The number of carboxylic acids is 1. The Labute approximate surface area is 178 Å². The fraction of sp³-hybridized carbons (Fsp3) is 0.238. The Morgan fingerprint density at radius 3 is 1.60 bits per heavy atom. The summed E-state index contributed by atoms with van der Waals surface area (Å²) in [7, 11) is 0. The van der Waals surface area contributed by atoms with Gasteiger partial charge in [0.1, 0.15) is 0 Å². The molecule has 0 aliphatic heterocycles. The first-order chi connectivity index (χ1) is 14.5. The number of benzene rings is 2. The van der Waals surface area contributed by atoms with Gasteiger partial charge in [0.05, 0.1) is 5.25 Å². The number of thioether (sulfide) groups is 1. The van der Waals surface area contributed by atoms with Gasteiger partial charge in [-0.25, -0.2) is 4.79 Å². The van der Waals surface area contributed by atoms with E-state index in [4.69, 9.17) is 5.11 Å². The van der Waals surface area contributed by atoms with Gasteiger partial charge in [0.25, 0.3) is 0 Å². The van der Waals surface area contributed by atoms with Gasteiger partial charge < -0.3 is 21.1 Å². The molecule has 4 N–H and O–H groups in total. The van der Waals surface area contributed by atoms with E-state index in [2.05, 4.69) is 40.2 Å². The van der Waals surface area contributed by atoms with Crippen molar-refractivity contribution in [1.29, 1.82) is 0 Å². The summed E-state index contributed by atoms with van der Waals surface area (Å²) in [5.41, 5.74) is 2.31. The Morgan fingerprint density at radius 2 is 1.13 bits per heavy atom. The van der Waals surface area contributed by atoms with E-state index in [1.807, 2.05) is 36.4 Å². The van der Waals surface area contributed by atoms with E-state index in [1.54, 1.807) is 11.8 Å². The molecule has 2 rings (SSSR count). The Bertz CT molecular complexity index is 822. The SMILES string of the molecule is O=C(O)C(=O)NCCNC(=O)C(=O)NCCSC(c1ccccc1)c1ccccc1. The van der Waals surface area contributed by atoms with Crippen molar-refractivity contribution in [2.45, 2.75) is 5.25 Å². The summed E-state index contributed by atoms with van der Waals surface area (Å²) in [5, 5.41) is 15.5. The van der Waals surface area contributed by atoms with Gasteiger partial charge >= 0.3 is 23.7 Å². The molecule has 158 valence electrons. The standard InChI is InChI=1S/C21H23N3O5S/c25-18(22-11-12-23-20(27)21(28)29)19(26)24-13-14-30-17(15-7-3-1-4-8-15)16-9-5-2-6-10-16/h1-10,17H,11-14H2,(H,22,25)(H,23,27)(H,24,26)(H,28,29). The number of hydrogen-bond donors (Lipinski definition) is 4. The Hall–Kier alpha value is -3.33. The van der Waals surface area contributed by atoms with Crippen molar-refractivity contribution in [2.24, 2.45) is 0 Å². The van der Waals surface area contributed by atoms with E-state index in [0.717, 1.165) is 11.1 Å². The van der Waals surface area contributed by atoms with E-state index >= 15 is 0 Å². The molecule has 3 amide bonds. The zero-order valence-corrected chi connectivity index (χ0v) is 17.0. The predicted molar refractivity (Wildman–Crippen MR) is 114 cm³/mol. The fourth-order valence-corrected chi connectivity index (χ4v) is 3.72. The lowest BCUT2D eigenvalue weighted by molar-refractivity contribution is -0.150. The smallest absolute Gasteiger partial charge is 0.394 e. The average Bonchev–Trinajstić information content (AvgIpc) is 2.77. The lowest BCUT2D eigenvalue weighted by Crippen LogP contribution is -2.44. The molecule has 9 heteroatoms. The van der Waals surface area contributed by atoms with Gasteiger partial charge in [-0.3, -0.25) is 14.4 Å². The summed E-state index contributed by atoms with van der Waals surface area (Å²) >= 11 is 1.66. The molecule has 0 saturated heterocycles. The summed E-state index contributed by atoms with van der Waals surface area (Å²) in [6, 6.07) is 20.1. The maximum atomic E-state index is 11.9. The first kappa shape index (κ1) is 23.0. The van der Waals surface area contributed by atoms with Gasteiger partial charge in [-0.15, -0.1) is 11.8 Å².